The first-order valence-corrected chi connectivity index (χ1v) is 8.25. The average molecular weight is 358 g/mol. The van der Waals surface area contributed by atoms with Gasteiger partial charge in [0.1, 0.15) is 11.4 Å². The van der Waals surface area contributed by atoms with Crippen molar-refractivity contribution in [2.45, 2.75) is 5.16 Å². The monoisotopic (exact) mass is 358 g/mol. The number of anilines is 1. The average Bonchev–Trinajstić information content (AvgIpc) is 2.60. The highest BCUT2D eigenvalue weighted by atomic mass is 32.2. The number of nitrogens with zero attached hydrogens (tertiary/aromatic N) is 3. The molecule has 1 saturated heterocycles. The fraction of sp³-hybridized carbons (Fsp3) is 0.0625. The van der Waals surface area contributed by atoms with Crippen LogP contribution in [-0.2, 0) is 9.59 Å². The van der Waals surface area contributed by atoms with Crippen LogP contribution in [0.5, 0.6) is 0 Å². The molecule has 0 spiro atoms. The molecule has 0 unspecified atom stereocenters. The highest BCUT2D eigenvalue weighted by molar-refractivity contribution is 7.98. The van der Waals surface area contributed by atoms with E-state index in [0.717, 1.165) is 17.0 Å². The van der Waals surface area contributed by atoms with E-state index in [1.807, 2.05) is 6.26 Å². The number of aromatic nitrogens is 2. The van der Waals surface area contributed by atoms with Crippen molar-refractivity contribution in [1.29, 1.82) is 0 Å². The van der Waals surface area contributed by atoms with Crippen LogP contribution in [0.4, 0.5) is 14.9 Å². The van der Waals surface area contributed by atoms with E-state index in [2.05, 4.69) is 15.3 Å². The second-order valence-corrected chi connectivity index (χ2v) is 5.71. The summed E-state index contributed by atoms with van der Waals surface area (Å²) in [6.45, 7) is 0. The first-order chi connectivity index (χ1) is 12.0. The topological polar surface area (TPSA) is 92.3 Å². The lowest BCUT2D eigenvalue weighted by molar-refractivity contribution is -0.122. The molecule has 3 rings (SSSR count). The lowest BCUT2D eigenvalue weighted by atomic mass is 10.1. The van der Waals surface area contributed by atoms with Crippen LogP contribution in [0.25, 0.3) is 6.08 Å². The number of hydrogen-bond donors (Lipinski definition) is 1. The third-order valence-electron chi connectivity index (χ3n) is 3.33. The maximum atomic E-state index is 13.1. The number of imide groups is 2. The normalized spacial score (nSPS) is 16.3. The van der Waals surface area contributed by atoms with E-state index < -0.39 is 23.7 Å². The predicted molar refractivity (Wildman–Crippen MR) is 89.2 cm³/mol. The van der Waals surface area contributed by atoms with Gasteiger partial charge < -0.3 is 0 Å². The molecule has 9 heteroatoms. The minimum absolute atomic E-state index is 0.149. The molecule has 2 heterocycles. The van der Waals surface area contributed by atoms with Crippen molar-refractivity contribution in [1.82, 2.24) is 15.3 Å². The zero-order valence-electron chi connectivity index (χ0n) is 12.9. The summed E-state index contributed by atoms with van der Waals surface area (Å²) < 4.78 is 13.1. The van der Waals surface area contributed by atoms with Crippen molar-refractivity contribution < 1.29 is 18.8 Å². The summed E-state index contributed by atoms with van der Waals surface area (Å²) in [6.07, 6.45) is 6.04. The Bertz CT molecular complexity index is 881. The molecule has 1 N–H and O–H groups in total. The number of rotatable bonds is 3. The van der Waals surface area contributed by atoms with Gasteiger partial charge in [-0.25, -0.2) is 24.1 Å². The molecule has 1 aliphatic rings. The number of hydrogen-bond acceptors (Lipinski definition) is 6. The van der Waals surface area contributed by atoms with Crippen LogP contribution in [0.1, 0.15) is 5.56 Å². The van der Waals surface area contributed by atoms with Crippen molar-refractivity contribution in [2.75, 3.05) is 11.2 Å². The molecular formula is C16H11FN4O3S. The summed E-state index contributed by atoms with van der Waals surface area (Å²) in [5, 5.41) is 2.63. The third-order valence-corrected chi connectivity index (χ3v) is 3.90. The van der Waals surface area contributed by atoms with Crippen molar-refractivity contribution in [3.05, 3.63) is 53.6 Å². The molecule has 7 nitrogen and oxygen atoms in total. The molecule has 1 aliphatic heterocycles. The number of carbonyl (C=O) groups is 3. The van der Waals surface area contributed by atoms with Gasteiger partial charge in [-0.05, 0) is 36.6 Å². The fourth-order valence-electron chi connectivity index (χ4n) is 2.15. The third kappa shape index (κ3) is 3.41. The summed E-state index contributed by atoms with van der Waals surface area (Å²) in [6, 6.07) is 3.88. The second kappa shape index (κ2) is 6.81. The summed E-state index contributed by atoms with van der Waals surface area (Å²) in [5.41, 5.74) is 0.338. The summed E-state index contributed by atoms with van der Waals surface area (Å²) in [5.74, 6) is -2.14. The maximum Gasteiger partial charge on any atom is 0.335 e. The number of nitrogens with one attached hydrogen (secondary N) is 1. The largest absolute Gasteiger partial charge is 0.335 e. The Hall–Kier alpha value is -3.07. The maximum absolute atomic E-state index is 13.1. The zero-order valence-corrected chi connectivity index (χ0v) is 13.7. The van der Waals surface area contributed by atoms with Gasteiger partial charge in [0.2, 0.25) is 0 Å². The van der Waals surface area contributed by atoms with Crippen LogP contribution >= 0.6 is 11.8 Å². The van der Waals surface area contributed by atoms with Crippen LogP contribution < -0.4 is 10.2 Å². The molecule has 0 aliphatic carbocycles. The van der Waals surface area contributed by atoms with E-state index >= 15 is 0 Å². The van der Waals surface area contributed by atoms with E-state index in [0.29, 0.717) is 10.7 Å². The van der Waals surface area contributed by atoms with E-state index in [9.17, 15) is 18.8 Å². The molecular weight excluding hydrogens is 347 g/mol. The van der Waals surface area contributed by atoms with Crippen LogP contribution in [0.15, 0.2) is 47.4 Å². The van der Waals surface area contributed by atoms with Gasteiger partial charge >= 0.3 is 6.03 Å². The molecule has 0 atom stereocenters. The molecule has 2 aromatic rings. The smallest absolute Gasteiger partial charge is 0.273 e. The van der Waals surface area contributed by atoms with E-state index in [4.69, 9.17) is 0 Å². The van der Waals surface area contributed by atoms with Gasteiger partial charge in [0.15, 0.2) is 5.16 Å². The van der Waals surface area contributed by atoms with Crippen molar-refractivity contribution in [3.8, 4) is 0 Å². The number of halogens is 1. The van der Waals surface area contributed by atoms with Gasteiger partial charge in [-0.1, -0.05) is 11.8 Å². The number of amides is 4. The number of urea groups is 1. The van der Waals surface area contributed by atoms with Crippen molar-refractivity contribution >= 4 is 41.4 Å². The van der Waals surface area contributed by atoms with Crippen molar-refractivity contribution in [3.63, 3.8) is 0 Å². The van der Waals surface area contributed by atoms with Crippen LogP contribution in [0.2, 0.25) is 0 Å². The lowest BCUT2D eigenvalue weighted by Crippen LogP contribution is -2.54. The Morgan fingerprint density at radius 3 is 2.36 bits per heavy atom. The Kier molecular flexibility index (Phi) is 4.57. The molecule has 0 saturated carbocycles. The van der Waals surface area contributed by atoms with Crippen LogP contribution in [0.3, 0.4) is 0 Å². The lowest BCUT2D eigenvalue weighted by Gasteiger charge is -2.26. The molecule has 1 fully saturated rings. The van der Waals surface area contributed by atoms with Gasteiger partial charge in [0.05, 0.1) is 5.69 Å². The van der Waals surface area contributed by atoms with Gasteiger partial charge in [-0.15, -0.1) is 0 Å². The molecule has 1 aromatic heterocycles. The highest BCUT2D eigenvalue weighted by Crippen LogP contribution is 2.22. The van der Waals surface area contributed by atoms with Gasteiger partial charge in [-0.2, -0.15) is 0 Å². The molecule has 1 aromatic carbocycles. The van der Waals surface area contributed by atoms with Crippen molar-refractivity contribution in [2.24, 2.45) is 0 Å². The van der Waals surface area contributed by atoms with E-state index in [-0.39, 0.29) is 11.3 Å². The quantitative estimate of drug-likeness (QED) is 0.390. The van der Waals surface area contributed by atoms with Gasteiger partial charge in [0.25, 0.3) is 11.8 Å². The predicted octanol–water partition coefficient (Wildman–Crippen LogP) is 2.00. The standard InChI is InChI=1S/C16H11FN4O3S/c1-25-15-18-7-9(8-19-15)6-12-13(22)20-16(24)21(14(12)23)11-4-2-10(17)3-5-11/h2-8H,1H3,(H,20,22,24)/b12-6+. The van der Waals surface area contributed by atoms with Gasteiger partial charge in [-0.3, -0.25) is 14.9 Å². The molecule has 25 heavy (non-hydrogen) atoms. The summed E-state index contributed by atoms with van der Waals surface area (Å²) >= 11 is 1.35. The zero-order chi connectivity index (χ0) is 18.0. The second-order valence-electron chi connectivity index (χ2n) is 4.94. The fourth-order valence-corrected chi connectivity index (χ4v) is 2.47. The summed E-state index contributed by atoms with van der Waals surface area (Å²) in [7, 11) is 0. The summed E-state index contributed by atoms with van der Waals surface area (Å²) in [4.78, 5) is 45.5. The molecule has 0 radical (unpaired) electrons. The van der Waals surface area contributed by atoms with Crippen LogP contribution in [-0.4, -0.2) is 34.1 Å². The van der Waals surface area contributed by atoms with E-state index in [1.54, 1.807) is 0 Å². The number of carbonyl (C=O) groups excluding carboxylic acids is 3. The number of barbiturate groups is 1. The first kappa shape index (κ1) is 16.8. The Labute approximate surface area is 146 Å². The Balaban J connectivity index is 1.97. The number of benzene rings is 1. The van der Waals surface area contributed by atoms with Gasteiger partial charge in [0, 0.05) is 18.0 Å². The molecule has 4 amide bonds. The minimum Gasteiger partial charge on any atom is -0.273 e. The Morgan fingerprint density at radius 2 is 1.76 bits per heavy atom. The molecule has 0 bridgehead atoms. The number of thioether (sulfide) groups is 1. The first-order valence-electron chi connectivity index (χ1n) is 7.02. The minimum atomic E-state index is -0.896. The molecule has 126 valence electrons. The SMILES string of the molecule is CSc1ncc(/C=C2\C(=O)NC(=O)N(c3ccc(F)cc3)C2=O)cn1. The van der Waals surface area contributed by atoms with Crippen LogP contribution in [0, 0.1) is 5.82 Å². The van der Waals surface area contributed by atoms with E-state index in [1.165, 1.54) is 42.4 Å². The Morgan fingerprint density at radius 1 is 1.12 bits per heavy atom. The highest BCUT2D eigenvalue weighted by Gasteiger charge is 2.36.